The van der Waals surface area contributed by atoms with E-state index in [2.05, 4.69) is 10.3 Å². The molecule has 0 aromatic carbocycles. The van der Waals surface area contributed by atoms with Crippen LogP contribution in [0.5, 0.6) is 0 Å². The molecule has 1 unspecified atom stereocenters. The zero-order valence-electron chi connectivity index (χ0n) is 9.54. The minimum Gasteiger partial charge on any atom is -0.479 e. The molecule has 1 atom stereocenters. The quantitative estimate of drug-likeness (QED) is 0.837. The fourth-order valence-electron chi connectivity index (χ4n) is 1.45. The molecular weight excluding hydrogens is 271 g/mol. The number of pyridine rings is 1. The van der Waals surface area contributed by atoms with E-state index in [0.717, 1.165) is 6.07 Å². The number of rotatable bonds is 4. The van der Waals surface area contributed by atoms with E-state index in [1.54, 1.807) is 17.5 Å². The summed E-state index contributed by atoms with van der Waals surface area (Å²) < 4.78 is 12.9. The molecule has 2 aromatic heterocycles. The molecule has 2 aromatic rings. The summed E-state index contributed by atoms with van der Waals surface area (Å²) in [7, 11) is 0. The van der Waals surface area contributed by atoms with Gasteiger partial charge in [0, 0.05) is 4.88 Å². The van der Waals surface area contributed by atoms with E-state index in [1.807, 2.05) is 0 Å². The Morgan fingerprint density at radius 2 is 2.11 bits per heavy atom. The number of halogens is 1. The lowest BCUT2D eigenvalue weighted by Gasteiger charge is -2.12. The molecule has 1 amide bonds. The summed E-state index contributed by atoms with van der Waals surface area (Å²) >= 11 is 1.21. The Kier molecular flexibility index (Phi) is 3.86. The van der Waals surface area contributed by atoms with Crippen LogP contribution in [0.4, 0.5) is 4.39 Å². The van der Waals surface area contributed by atoms with Crippen molar-refractivity contribution in [1.82, 2.24) is 10.3 Å². The molecule has 0 fully saturated rings. The highest BCUT2D eigenvalue weighted by Gasteiger charge is 2.24. The van der Waals surface area contributed by atoms with Crippen molar-refractivity contribution >= 4 is 23.2 Å². The first-order valence-corrected chi connectivity index (χ1v) is 6.15. The average Bonchev–Trinajstić information content (AvgIpc) is 2.88. The number of carbonyl (C=O) groups is 2. The summed E-state index contributed by atoms with van der Waals surface area (Å²) in [5, 5.41) is 13.1. The third-order valence-corrected chi connectivity index (χ3v) is 3.23. The molecule has 0 radical (unpaired) electrons. The van der Waals surface area contributed by atoms with Crippen LogP contribution < -0.4 is 5.32 Å². The topological polar surface area (TPSA) is 79.3 Å². The molecule has 0 spiro atoms. The van der Waals surface area contributed by atoms with Crippen LogP contribution in [0.2, 0.25) is 0 Å². The lowest BCUT2D eigenvalue weighted by atomic mass is 10.2. The molecule has 19 heavy (non-hydrogen) atoms. The second-order valence-electron chi connectivity index (χ2n) is 3.61. The minimum atomic E-state index is -1.19. The van der Waals surface area contributed by atoms with Crippen LogP contribution in [-0.4, -0.2) is 22.0 Å². The molecule has 2 rings (SSSR count). The van der Waals surface area contributed by atoms with E-state index in [1.165, 1.54) is 23.5 Å². The molecule has 2 heterocycles. The molecule has 0 saturated heterocycles. The number of hydrogen-bond donors (Lipinski definition) is 2. The molecule has 0 bridgehead atoms. The van der Waals surface area contributed by atoms with Gasteiger partial charge in [-0.15, -0.1) is 11.3 Å². The second-order valence-corrected chi connectivity index (χ2v) is 4.58. The van der Waals surface area contributed by atoms with Gasteiger partial charge in [0.25, 0.3) is 5.91 Å². The SMILES string of the molecule is O=C(NC(C(=O)O)c1cccs1)c1cccc(F)n1. The molecule has 2 N–H and O–H groups in total. The van der Waals surface area contributed by atoms with Gasteiger partial charge in [-0.2, -0.15) is 4.39 Å². The average molecular weight is 280 g/mol. The predicted octanol–water partition coefficient (Wildman–Crippen LogP) is 1.84. The highest BCUT2D eigenvalue weighted by molar-refractivity contribution is 7.10. The molecule has 0 saturated carbocycles. The number of thiophene rings is 1. The van der Waals surface area contributed by atoms with Crippen molar-refractivity contribution in [2.24, 2.45) is 0 Å². The largest absolute Gasteiger partial charge is 0.479 e. The Morgan fingerprint density at radius 1 is 1.32 bits per heavy atom. The van der Waals surface area contributed by atoms with Gasteiger partial charge in [0.2, 0.25) is 5.95 Å². The van der Waals surface area contributed by atoms with E-state index < -0.39 is 23.9 Å². The van der Waals surface area contributed by atoms with Gasteiger partial charge in [-0.3, -0.25) is 4.79 Å². The van der Waals surface area contributed by atoms with Crippen molar-refractivity contribution in [2.75, 3.05) is 0 Å². The van der Waals surface area contributed by atoms with Gasteiger partial charge in [0.1, 0.15) is 5.69 Å². The van der Waals surface area contributed by atoms with E-state index in [9.17, 15) is 14.0 Å². The van der Waals surface area contributed by atoms with Gasteiger partial charge in [-0.1, -0.05) is 12.1 Å². The Hall–Kier alpha value is -2.28. The number of carboxylic acid groups (broad SMARTS) is 1. The Balaban J connectivity index is 2.19. The normalized spacial score (nSPS) is 11.8. The van der Waals surface area contributed by atoms with Crippen molar-refractivity contribution in [3.05, 3.63) is 52.2 Å². The molecule has 98 valence electrons. The first-order valence-electron chi connectivity index (χ1n) is 5.27. The fourth-order valence-corrected chi connectivity index (χ4v) is 2.22. The molecule has 7 heteroatoms. The number of nitrogens with zero attached hydrogens (tertiary/aromatic N) is 1. The van der Waals surface area contributed by atoms with Gasteiger partial charge < -0.3 is 10.4 Å². The standard InChI is InChI=1S/C12H9FN2O3S/c13-9-5-1-3-7(14-9)11(16)15-10(12(17)18)8-4-2-6-19-8/h1-6,10H,(H,15,16)(H,17,18). The molecule has 0 aliphatic heterocycles. The first kappa shape index (κ1) is 13.2. The molecule has 0 aliphatic rings. The maximum atomic E-state index is 12.9. The van der Waals surface area contributed by atoms with Gasteiger partial charge >= 0.3 is 5.97 Å². The van der Waals surface area contributed by atoms with Crippen molar-refractivity contribution in [3.63, 3.8) is 0 Å². The number of amides is 1. The van der Waals surface area contributed by atoms with Crippen LogP contribution in [0.15, 0.2) is 35.7 Å². The van der Waals surface area contributed by atoms with E-state index >= 15 is 0 Å². The Morgan fingerprint density at radius 3 is 2.68 bits per heavy atom. The summed E-state index contributed by atoms with van der Waals surface area (Å²) in [4.78, 5) is 26.8. The van der Waals surface area contributed by atoms with Crippen LogP contribution >= 0.6 is 11.3 Å². The first-order chi connectivity index (χ1) is 9.08. The third kappa shape index (κ3) is 3.14. The van der Waals surface area contributed by atoms with Crippen molar-refractivity contribution in [3.8, 4) is 0 Å². The third-order valence-electron chi connectivity index (χ3n) is 2.30. The molecule has 0 aliphatic carbocycles. The van der Waals surface area contributed by atoms with Crippen LogP contribution in [-0.2, 0) is 4.79 Å². The summed E-state index contributed by atoms with van der Waals surface area (Å²) in [5.41, 5.74) is -0.164. The lowest BCUT2D eigenvalue weighted by molar-refractivity contribution is -0.139. The predicted molar refractivity (Wildman–Crippen MR) is 66.4 cm³/mol. The highest BCUT2D eigenvalue weighted by Crippen LogP contribution is 2.19. The van der Waals surface area contributed by atoms with Crippen LogP contribution in [0, 0.1) is 5.95 Å². The van der Waals surface area contributed by atoms with Crippen LogP contribution in [0.25, 0.3) is 0 Å². The van der Waals surface area contributed by atoms with Gasteiger partial charge in [0.15, 0.2) is 6.04 Å². The summed E-state index contributed by atoms with van der Waals surface area (Å²) in [6, 6.07) is 5.86. The smallest absolute Gasteiger partial charge is 0.331 e. The van der Waals surface area contributed by atoms with Crippen molar-refractivity contribution < 1.29 is 19.1 Å². The van der Waals surface area contributed by atoms with Crippen LogP contribution in [0.3, 0.4) is 0 Å². The van der Waals surface area contributed by atoms with Crippen molar-refractivity contribution in [2.45, 2.75) is 6.04 Å². The number of hydrogen-bond acceptors (Lipinski definition) is 4. The van der Waals surface area contributed by atoms with E-state index in [4.69, 9.17) is 5.11 Å². The number of aromatic nitrogens is 1. The maximum Gasteiger partial charge on any atom is 0.331 e. The molecular formula is C12H9FN2O3S. The molecule has 5 nitrogen and oxygen atoms in total. The van der Waals surface area contributed by atoms with E-state index in [0.29, 0.717) is 4.88 Å². The summed E-state index contributed by atoms with van der Waals surface area (Å²) in [6.07, 6.45) is 0. The fraction of sp³-hybridized carbons (Fsp3) is 0.0833. The number of carbonyl (C=O) groups excluding carboxylic acids is 1. The number of carboxylic acids is 1. The van der Waals surface area contributed by atoms with E-state index in [-0.39, 0.29) is 5.69 Å². The Labute approximate surface area is 111 Å². The zero-order chi connectivity index (χ0) is 13.8. The Bertz CT molecular complexity index is 601. The van der Waals surface area contributed by atoms with Gasteiger partial charge in [-0.25, -0.2) is 9.78 Å². The summed E-state index contributed by atoms with van der Waals surface area (Å²) in [6.45, 7) is 0. The van der Waals surface area contributed by atoms with Gasteiger partial charge in [0.05, 0.1) is 0 Å². The van der Waals surface area contributed by atoms with Gasteiger partial charge in [-0.05, 0) is 23.6 Å². The second kappa shape index (κ2) is 5.57. The highest BCUT2D eigenvalue weighted by atomic mass is 32.1. The number of aliphatic carboxylic acids is 1. The monoisotopic (exact) mass is 280 g/mol. The lowest BCUT2D eigenvalue weighted by Crippen LogP contribution is -2.33. The summed E-state index contributed by atoms with van der Waals surface area (Å²) in [5.74, 6) is -2.72. The maximum absolute atomic E-state index is 12.9. The van der Waals surface area contributed by atoms with Crippen molar-refractivity contribution in [1.29, 1.82) is 0 Å². The minimum absolute atomic E-state index is 0.164. The zero-order valence-corrected chi connectivity index (χ0v) is 10.4. The van der Waals surface area contributed by atoms with Crippen LogP contribution in [0.1, 0.15) is 21.4 Å². The number of nitrogens with one attached hydrogen (secondary N) is 1.